The molecule has 1 saturated heterocycles. The van der Waals surface area contributed by atoms with Crippen molar-refractivity contribution >= 4 is 42.5 Å². The second-order valence-electron chi connectivity index (χ2n) is 5.93. The van der Waals surface area contributed by atoms with Crippen LogP contribution in [0.15, 0.2) is 34.1 Å². The molecule has 9 heteroatoms. The zero-order valence-electron chi connectivity index (χ0n) is 14.2. The average molecular weight is 407 g/mol. The highest BCUT2D eigenvalue weighted by molar-refractivity contribution is 7.98. The number of hydrogen-bond donors (Lipinski definition) is 2. The van der Waals surface area contributed by atoms with Crippen molar-refractivity contribution in [3.05, 3.63) is 36.0 Å². The van der Waals surface area contributed by atoms with Gasteiger partial charge in [-0.1, -0.05) is 11.8 Å². The van der Waals surface area contributed by atoms with E-state index in [2.05, 4.69) is 22.5 Å². The molecule has 0 aliphatic carbocycles. The Labute approximate surface area is 164 Å². The maximum absolute atomic E-state index is 12.3. The first-order valence-electron chi connectivity index (χ1n) is 7.85. The Morgan fingerprint density at radius 2 is 2.28 bits per heavy atom. The Balaban J connectivity index is 0.00000156. The van der Waals surface area contributed by atoms with Crippen molar-refractivity contribution in [3.63, 3.8) is 0 Å². The summed E-state index contributed by atoms with van der Waals surface area (Å²) in [5.74, 6) is 1.69. The van der Waals surface area contributed by atoms with E-state index in [0.717, 1.165) is 30.3 Å². The third kappa shape index (κ3) is 5.95. The number of piperidine rings is 1. The number of aryl methyl sites for hydroxylation is 1. The van der Waals surface area contributed by atoms with Gasteiger partial charge >= 0.3 is 0 Å². The molecule has 1 fully saturated rings. The number of nitrogens with zero attached hydrogens (tertiary/aromatic N) is 2. The van der Waals surface area contributed by atoms with Gasteiger partial charge in [0.15, 0.2) is 10.9 Å². The predicted octanol–water partition coefficient (Wildman–Crippen LogP) is 3.02. The minimum absolute atomic E-state index is 0. The van der Waals surface area contributed by atoms with Crippen LogP contribution in [-0.4, -0.2) is 34.1 Å². The largest absolute Gasteiger partial charge is 0.455 e. The third-order valence-corrected chi connectivity index (χ3v) is 5.05. The number of thioether (sulfide) groups is 1. The van der Waals surface area contributed by atoms with Gasteiger partial charge in [-0.15, -0.1) is 24.8 Å². The molecular weight excluding hydrogens is 383 g/mol. The zero-order chi connectivity index (χ0) is 16.2. The summed E-state index contributed by atoms with van der Waals surface area (Å²) in [7, 11) is 1.95. The van der Waals surface area contributed by atoms with Crippen LogP contribution in [0.25, 0.3) is 0 Å². The fourth-order valence-electron chi connectivity index (χ4n) is 2.72. The van der Waals surface area contributed by atoms with E-state index in [1.807, 2.05) is 23.9 Å². The molecule has 1 aliphatic heterocycles. The second-order valence-corrected chi connectivity index (χ2v) is 6.87. The number of halogens is 2. The topological polar surface area (TPSA) is 72.1 Å². The number of furan rings is 1. The van der Waals surface area contributed by atoms with Gasteiger partial charge in [0, 0.05) is 31.5 Å². The molecule has 3 heterocycles. The zero-order valence-corrected chi connectivity index (χ0v) is 16.7. The van der Waals surface area contributed by atoms with Crippen LogP contribution in [0.1, 0.15) is 36.1 Å². The summed E-state index contributed by atoms with van der Waals surface area (Å²) in [5, 5.41) is 7.37. The van der Waals surface area contributed by atoms with Crippen LogP contribution in [0.4, 0.5) is 0 Å². The van der Waals surface area contributed by atoms with Crippen LogP contribution in [-0.2, 0) is 12.8 Å². The summed E-state index contributed by atoms with van der Waals surface area (Å²) in [6.07, 6.45) is 5.58. The number of amides is 1. The third-order valence-electron chi connectivity index (χ3n) is 3.96. The van der Waals surface area contributed by atoms with Crippen molar-refractivity contribution in [2.45, 2.75) is 42.8 Å². The summed E-state index contributed by atoms with van der Waals surface area (Å²) >= 11 is 1.59. The molecular formula is C16H24Cl2N4O2S. The fraction of sp³-hybridized carbons (Fsp3) is 0.500. The lowest BCUT2D eigenvalue weighted by Crippen LogP contribution is -2.46. The van der Waals surface area contributed by atoms with Gasteiger partial charge < -0.3 is 19.6 Å². The predicted molar refractivity (Wildman–Crippen MR) is 104 cm³/mol. The van der Waals surface area contributed by atoms with Crippen molar-refractivity contribution in [3.8, 4) is 0 Å². The maximum Gasteiger partial charge on any atom is 0.287 e. The van der Waals surface area contributed by atoms with Crippen molar-refractivity contribution < 1.29 is 9.21 Å². The van der Waals surface area contributed by atoms with Gasteiger partial charge in [-0.05, 0) is 38.4 Å². The molecule has 140 valence electrons. The molecule has 3 rings (SSSR count). The molecule has 0 spiro atoms. The minimum Gasteiger partial charge on any atom is -0.455 e. The number of carbonyl (C=O) groups is 1. The molecule has 2 atom stereocenters. The lowest BCUT2D eigenvalue weighted by Gasteiger charge is -2.28. The van der Waals surface area contributed by atoms with Crippen LogP contribution in [0, 0.1) is 0 Å². The number of nitrogens with one attached hydrogen (secondary N) is 2. The number of aromatic nitrogens is 2. The lowest BCUT2D eigenvalue weighted by atomic mass is 10.0. The van der Waals surface area contributed by atoms with E-state index < -0.39 is 0 Å². The molecule has 6 nitrogen and oxygen atoms in total. The number of rotatable bonds is 5. The Kier molecular flexibility index (Phi) is 8.85. The highest BCUT2D eigenvalue weighted by atomic mass is 35.5. The van der Waals surface area contributed by atoms with Crippen LogP contribution >= 0.6 is 36.6 Å². The summed E-state index contributed by atoms with van der Waals surface area (Å²) in [6.45, 7) is 3.08. The number of carbonyl (C=O) groups excluding carboxylic acids is 1. The molecule has 2 unspecified atom stereocenters. The van der Waals surface area contributed by atoms with E-state index in [4.69, 9.17) is 4.42 Å². The van der Waals surface area contributed by atoms with Gasteiger partial charge in [0.25, 0.3) is 5.91 Å². The quantitative estimate of drug-likeness (QED) is 0.746. The van der Waals surface area contributed by atoms with E-state index in [1.54, 1.807) is 24.0 Å². The number of imidazole rings is 1. The van der Waals surface area contributed by atoms with E-state index in [-0.39, 0.29) is 36.8 Å². The fourth-order valence-corrected chi connectivity index (χ4v) is 3.55. The molecule has 0 aromatic carbocycles. The van der Waals surface area contributed by atoms with Gasteiger partial charge in [0.2, 0.25) is 0 Å². The monoisotopic (exact) mass is 406 g/mol. The first kappa shape index (κ1) is 21.9. The molecule has 25 heavy (non-hydrogen) atoms. The summed E-state index contributed by atoms with van der Waals surface area (Å²) < 4.78 is 7.62. The van der Waals surface area contributed by atoms with Crippen LogP contribution in [0.3, 0.4) is 0 Å². The lowest BCUT2D eigenvalue weighted by molar-refractivity contribution is 0.0896. The van der Waals surface area contributed by atoms with Crippen molar-refractivity contribution in [2.24, 2.45) is 7.05 Å². The second kappa shape index (κ2) is 10.1. The standard InChI is InChI=1S/C16H22N4O2S.2ClH/c1-11-9-12(5-6-17-11)19-15(21)14-4-3-13(22-14)10-23-16-18-7-8-20(16)2;;/h3-4,7-8,11-12,17H,5-6,9-10H2,1-2H3,(H,19,21);2*1H. The normalized spacial score (nSPS) is 19.6. The van der Waals surface area contributed by atoms with Gasteiger partial charge in [-0.2, -0.15) is 0 Å². The van der Waals surface area contributed by atoms with E-state index >= 15 is 0 Å². The van der Waals surface area contributed by atoms with Crippen LogP contribution < -0.4 is 10.6 Å². The first-order chi connectivity index (χ1) is 11.1. The molecule has 0 saturated carbocycles. The van der Waals surface area contributed by atoms with E-state index in [9.17, 15) is 4.79 Å². The van der Waals surface area contributed by atoms with Crippen molar-refractivity contribution in [2.75, 3.05) is 6.54 Å². The van der Waals surface area contributed by atoms with E-state index in [0.29, 0.717) is 17.6 Å². The molecule has 1 amide bonds. The molecule has 2 aromatic rings. The first-order valence-corrected chi connectivity index (χ1v) is 8.83. The SMILES string of the molecule is CC1CC(NC(=O)c2ccc(CSc3nccn3C)o2)CCN1.Cl.Cl. The maximum atomic E-state index is 12.3. The Hall–Kier alpha value is -1.15. The summed E-state index contributed by atoms with van der Waals surface area (Å²) in [6, 6.07) is 4.26. The van der Waals surface area contributed by atoms with Crippen LogP contribution in [0.2, 0.25) is 0 Å². The Bertz CT molecular complexity index is 677. The van der Waals surface area contributed by atoms with Crippen molar-refractivity contribution in [1.82, 2.24) is 20.2 Å². The Morgan fingerprint density at radius 3 is 2.96 bits per heavy atom. The highest BCUT2D eigenvalue weighted by Crippen LogP contribution is 2.22. The molecule has 0 radical (unpaired) electrons. The van der Waals surface area contributed by atoms with Gasteiger partial charge in [-0.25, -0.2) is 4.98 Å². The van der Waals surface area contributed by atoms with Gasteiger partial charge in [0.05, 0.1) is 5.75 Å². The number of hydrogen-bond acceptors (Lipinski definition) is 5. The van der Waals surface area contributed by atoms with Gasteiger partial charge in [-0.3, -0.25) is 4.79 Å². The highest BCUT2D eigenvalue weighted by Gasteiger charge is 2.21. The van der Waals surface area contributed by atoms with Crippen LogP contribution in [0.5, 0.6) is 0 Å². The summed E-state index contributed by atoms with van der Waals surface area (Å²) in [4.78, 5) is 16.5. The molecule has 1 aliphatic rings. The smallest absolute Gasteiger partial charge is 0.287 e. The molecule has 2 N–H and O–H groups in total. The summed E-state index contributed by atoms with van der Waals surface area (Å²) in [5.41, 5.74) is 0. The molecule has 0 bridgehead atoms. The molecule has 2 aromatic heterocycles. The van der Waals surface area contributed by atoms with Gasteiger partial charge in [0.1, 0.15) is 5.76 Å². The average Bonchev–Trinajstić information content (AvgIpc) is 3.14. The van der Waals surface area contributed by atoms with E-state index in [1.165, 1.54) is 0 Å². The Morgan fingerprint density at radius 1 is 1.48 bits per heavy atom. The minimum atomic E-state index is -0.127. The van der Waals surface area contributed by atoms with Crippen molar-refractivity contribution in [1.29, 1.82) is 0 Å².